The maximum Gasteiger partial charge on any atom is 0.200 e. The molecule has 1 unspecified atom stereocenters. The van der Waals surface area contributed by atoms with Crippen LogP contribution in [-0.4, -0.2) is 45.9 Å². The van der Waals surface area contributed by atoms with Crippen LogP contribution in [-0.2, 0) is 6.54 Å². The van der Waals surface area contributed by atoms with E-state index >= 15 is 0 Å². The van der Waals surface area contributed by atoms with E-state index in [-0.39, 0.29) is 17.1 Å². The summed E-state index contributed by atoms with van der Waals surface area (Å²) >= 11 is 0. The number of H-pyrrole nitrogens is 1. The van der Waals surface area contributed by atoms with Crippen molar-refractivity contribution in [2.75, 3.05) is 0 Å². The second kappa shape index (κ2) is 8.35. The fraction of sp³-hybridized carbons (Fsp3) is 0.136. The monoisotopic (exact) mass is 439 g/mol. The molecule has 0 aliphatic carbocycles. The minimum atomic E-state index is -0.363. The number of ether oxygens (including phenoxy) is 1. The van der Waals surface area contributed by atoms with Crippen LogP contribution in [0.15, 0.2) is 66.0 Å². The highest BCUT2D eigenvalue weighted by molar-refractivity contribution is 5.68. The van der Waals surface area contributed by atoms with Crippen molar-refractivity contribution < 1.29 is 4.74 Å². The third kappa shape index (κ3) is 3.92. The zero-order valence-corrected chi connectivity index (χ0v) is 17.5. The molecule has 0 spiro atoms. The van der Waals surface area contributed by atoms with E-state index in [0.29, 0.717) is 35.0 Å². The summed E-state index contributed by atoms with van der Waals surface area (Å²) in [7, 11) is 0. The van der Waals surface area contributed by atoms with E-state index in [9.17, 15) is 10.1 Å². The maximum atomic E-state index is 12.1. The molecule has 5 aromatic rings. The topological polar surface area (TPSA) is 140 Å². The van der Waals surface area contributed by atoms with Gasteiger partial charge in [-0.2, -0.15) is 10.4 Å². The zero-order valence-electron chi connectivity index (χ0n) is 17.5. The summed E-state index contributed by atoms with van der Waals surface area (Å²) in [6.45, 7) is 2.44. The Morgan fingerprint density at radius 2 is 2.15 bits per heavy atom. The minimum Gasteiger partial charge on any atom is -0.489 e. The van der Waals surface area contributed by atoms with Crippen LogP contribution in [0.5, 0.6) is 5.75 Å². The molecule has 162 valence electrons. The second-order valence-electron chi connectivity index (χ2n) is 7.32. The standard InChI is InChI=1S/C22H17N9O2/c1-14(12-30-13-26-28-29-30)33-16-4-2-3-15(9-16)18-5-6-21-25-11-19(31(21)27-18)22-17(10-23)20(32)7-8-24-22/h2-9,11,13-14H,12H2,1H3,(H,24,32). The number of nitriles is 1. The highest BCUT2D eigenvalue weighted by Gasteiger charge is 2.15. The van der Waals surface area contributed by atoms with Gasteiger partial charge in [-0.25, -0.2) is 14.2 Å². The Kier molecular flexibility index (Phi) is 5.08. The number of nitrogens with zero attached hydrogens (tertiary/aromatic N) is 8. The van der Waals surface area contributed by atoms with Crippen LogP contribution in [0.1, 0.15) is 12.5 Å². The fourth-order valence-corrected chi connectivity index (χ4v) is 3.52. The van der Waals surface area contributed by atoms with E-state index in [2.05, 4.69) is 25.5 Å². The van der Waals surface area contributed by atoms with E-state index in [4.69, 9.17) is 9.84 Å². The molecule has 11 nitrogen and oxygen atoms in total. The molecular weight excluding hydrogens is 422 g/mol. The molecular formula is C22H17N9O2. The molecule has 1 aromatic carbocycles. The van der Waals surface area contributed by atoms with Crippen LogP contribution in [0.3, 0.4) is 0 Å². The van der Waals surface area contributed by atoms with Crippen LogP contribution in [0, 0.1) is 11.3 Å². The summed E-state index contributed by atoms with van der Waals surface area (Å²) in [5, 5.41) is 25.2. The number of pyridine rings is 1. The Bertz CT molecular complexity index is 1530. The Morgan fingerprint density at radius 3 is 2.97 bits per heavy atom. The Labute approximate surface area is 186 Å². The van der Waals surface area contributed by atoms with Crippen molar-refractivity contribution in [1.29, 1.82) is 5.26 Å². The number of fused-ring (bicyclic) bond motifs is 1. The van der Waals surface area contributed by atoms with Crippen molar-refractivity contribution in [3.05, 3.63) is 77.0 Å². The number of aromatic amines is 1. The molecule has 4 heterocycles. The van der Waals surface area contributed by atoms with Gasteiger partial charge in [-0.1, -0.05) is 12.1 Å². The van der Waals surface area contributed by atoms with Gasteiger partial charge in [-0.15, -0.1) is 5.10 Å². The minimum absolute atomic E-state index is 0.0125. The lowest BCUT2D eigenvalue weighted by Gasteiger charge is -2.15. The average molecular weight is 439 g/mol. The van der Waals surface area contributed by atoms with Gasteiger partial charge in [0.25, 0.3) is 0 Å². The smallest absolute Gasteiger partial charge is 0.200 e. The summed E-state index contributed by atoms with van der Waals surface area (Å²) in [5.41, 5.74) is 2.64. The molecule has 0 fully saturated rings. The van der Waals surface area contributed by atoms with E-state index in [1.807, 2.05) is 49.4 Å². The van der Waals surface area contributed by atoms with E-state index in [0.717, 1.165) is 5.56 Å². The molecule has 11 heteroatoms. The summed E-state index contributed by atoms with van der Waals surface area (Å²) in [6.07, 6.45) is 4.46. The second-order valence-corrected chi connectivity index (χ2v) is 7.32. The lowest BCUT2D eigenvalue weighted by molar-refractivity contribution is 0.193. The molecule has 0 bridgehead atoms. The molecule has 0 saturated carbocycles. The number of hydrogen-bond acceptors (Lipinski definition) is 8. The van der Waals surface area contributed by atoms with Gasteiger partial charge < -0.3 is 9.72 Å². The molecule has 4 aromatic heterocycles. The number of hydrogen-bond donors (Lipinski definition) is 1. The Hall–Kier alpha value is -4.85. The number of rotatable bonds is 6. The third-order valence-electron chi connectivity index (χ3n) is 4.99. The van der Waals surface area contributed by atoms with Gasteiger partial charge in [-0.05, 0) is 41.6 Å². The van der Waals surface area contributed by atoms with Crippen molar-refractivity contribution in [3.63, 3.8) is 0 Å². The summed E-state index contributed by atoms with van der Waals surface area (Å²) in [4.78, 5) is 19.4. The highest BCUT2D eigenvalue weighted by atomic mass is 16.5. The lowest BCUT2D eigenvalue weighted by Crippen LogP contribution is -2.20. The van der Waals surface area contributed by atoms with Gasteiger partial charge >= 0.3 is 0 Å². The first-order valence-electron chi connectivity index (χ1n) is 10.1. The van der Waals surface area contributed by atoms with Crippen molar-refractivity contribution in [2.24, 2.45) is 0 Å². The molecule has 0 saturated heterocycles. The molecule has 1 atom stereocenters. The van der Waals surface area contributed by atoms with E-state index < -0.39 is 0 Å². The summed E-state index contributed by atoms with van der Waals surface area (Å²) in [6, 6.07) is 14.5. The third-order valence-corrected chi connectivity index (χ3v) is 4.99. The molecule has 0 amide bonds. The molecule has 33 heavy (non-hydrogen) atoms. The Morgan fingerprint density at radius 1 is 1.24 bits per heavy atom. The predicted octanol–water partition coefficient (Wildman–Crippen LogP) is 2.08. The zero-order chi connectivity index (χ0) is 22.8. The highest BCUT2D eigenvalue weighted by Crippen LogP contribution is 2.25. The molecule has 1 N–H and O–H groups in total. The van der Waals surface area contributed by atoms with Crippen molar-refractivity contribution in [3.8, 4) is 34.5 Å². The van der Waals surface area contributed by atoms with Gasteiger partial charge in [0, 0.05) is 17.8 Å². The number of tetrazole rings is 1. The summed E-state index contributed by atoms with van der Waals surface area (Å²) < 4.78 is 9.23. The SMILES string of the molecule is CC(Cn1cnnn1)Oc1cccc(-c2ccc3ncc(-c4[nH]ccc(=O)c4C#N)n3n2)c1. The quantitative estimate of drug-likeness (QED) is 0.424. The number of nitrogens with one attached hydrogen (secondary N) is 1. The van der Waals surface area contributed by atoms with Crippen LogP contribution >= 0.6 is 0 Å². The molecule has 5 rings (SSSR count). The molecule has 0 radical (unpaired) electrons. The van der Waals surface area contributed by atoms with Gasteiger partial charge in [0.15, 0.2) is 11.1 Å². The largest absolute Gasteiger partial charge is 0.489 e. The van der Waals surface area contributed by atoms with Gasteiger partial charge in [0.1, 0.15) is 35.5 Å². The number of imidazole rings is 1. The van der Waals surface area contributed by atoms with E-state index in [1.165, 1.54) is 18.6 Å². The van der Waals surface area contributed by atoms with Gasteiger partial charge in [0.2, 0.25) is 0 Å². The van der Waals surface area contributed by atoms with E-state index in [1.54, 1.807) is 15.4 Å². The van der Waals surface area contributed by atoms with Crippen molar-refractivity contribution >= 4 is 5.65 Å². The predicted molar refractivity (Wildman–Crippen MR) is 117 cm³/mol. The first kappa shape index (κ1) is 20.1. The maximum absolute atomic E-state index is 12.1. The molecule has 0 aliphatic heterocycles. The first-order valence-corrected chi connectivity index (χ1v) is 10.1. The van der Waals surface area contributed by atoms with Crippen LogP contribution in [0.25, 0.3) is 28.3 Å². The lowest BCUT2D eigenvalue weighted by atomic mass is 10.1. The van der Waals surface area contributed by atoms with Crippen molar-refractivity contribution in [1.82, 2.24) is 39.8 Å². The fourth-order valence-electron chi connectivity index (χ4n) is 3.52. The number of aromatic nitrogens is 8. The van der Waals surface area contributed by atoms with Crippen LogP contribution in [0.4, 0.5) is 0 Å². The van der Waals surface area contributed by atoms with Crippen molar-refractivity contribution in [2.45, 2.75) is 19.6 Å². The normalized spacial score (nSPS) is 11.9. The van der Waals surface area contributed by atoms with Crippen LogP contribution in [0.2, 0.25) is 0 Å². The van der Waals surface area contributed by atoms with Crippen LogP contribution < -0.4 is 10.2 Å². The molecule has 0 aliphatic rings. The van der Waals surface area contributed by atoms with Gasteiger partial charge in [-0.3, -0.25) is 4.79 Å². The first-order chi connectivity index (χ1) is 16.1. The summed E-state index contributed by atoms with van der Waals surface area (Å²) in [5.74, 6) is 0.681. The Balaban J connectivity index is 1.48. The number of benzene rings is 1. The van der Waals surface area contributed by atoms with Gasteiger partial charge in [0.05, 0.1) is 24.1 Å². The average Bonchev–Trinajstić information content (AvgIpc) is 3.48.